The summed E-state index contributed by atoms with van der Waals surface area (Å²) in [6, 6.07) is 13.3. The molecule has 1 heterocycles. The summed E-state index contributed by atoms with van der Waals surface area (Å²) < 4.78 is 1.08. The molecular weight excluding hydrogens is 1700 g/mol. The van der Waals surface area contributed by atoms with Gasteiger partial charge in [0.1, 0.15) is 42.3 Å². The standard InChI is InChI=1S/C81H117IN14O25/c82-57-31-29-54(30-32-57)22-17-28-67(99)85-39-15-11-23-59(77(113)114)88-74(110)58(86-69(101)50-93-40-42-94(51-71(104)105)44-46-96(53-73(108)109)47-45-95(43-41-93)52-72(106)107)33-35-68(100)87-63(48-55-18-5-3-6-19-55)75(111)90-64(49-56-20-7-4-8-21-56)76(112)89-60(78(115)116)24-12-14-37-83-65(97)26-9-1-2-10-27-66(98)84-38-16-13-25-61(79(117)118)91-81(121)92-62(80(119)120)34-36-70(102)103/h3-8,18-21,29-32,58-64H,1-2,9-17,22-28,33-53H2,(H,83,97)(H,84,98)(H,85,99)(H,86,101)(H,87,100)(H,88,110)(H,89,112)(H,90,111)(H,102,103)(H,104,105)(H,106,107)(H,108,109)(H,113,114)(H,115,116)(H,117,118)(H,119,120)(H2,91,92,121). The number of rotatable bonds is 58. The number of hydrogen-bond donors (Lipinski definition) is 18. The fraction of sp³-hybridized carbons (Fsp3) is 0.568. The van der Waals surface area contributed by atoms with E-state index in [-0.39, 0.29) is 160 Å². The number of hydrogen-bond acceptors (Lipinski definition) is 21. The van der Waals surface area contributed by atoms with Crippen molar-refractivity contribution < 1.29 is 122 Å². The van der Waals surface area contributed by atoms with Gasteiger partial charge in [-0.25, -0.2) is 24.0 Å². The van der Waals surface area contributed by atoms with Gasteiger partial charge in [-0.05, 0) is 148 Å². The Labute approximate surface area is 714 Å². The van der Waals surface area contributed by atoms with E-state index >= 15 is 0 Å². The van der Waals surface area contributed by atoms with Crippen LogP contribution in [-0.4, -0.2) is 302 Å². The molecule has 7 unspecified atom stereocenters. The van der Waals surface area contributed by atoms with E-state index in [1.165, 1.54) is 0 Å². The van der Waals surface area contributed by atoms with Gasteiger partial charge in [-0.15, -0.1) is 0 Å². The quantitative estimate of drug-likeness (QED) is 0.0279. The molecule has 0 aliphatic carbocycles. The van der Waals surface area contributed by atoms with Crippen molar-refractivity contribution in [3.05, 3.63) is 105 Å². The van der Waals surface area contributed by atoms with E-state index in [4.69, 9.17) is 5.11 Å². The molecule has 1 aliphatic rings. The average molecular weight is 1810 g/mol. The number of carboxylic acid groups (broad SMARTS) is 8. The maximum atomic E-state index is 14.7. The van der Waals surface area contributed by atoms with Crippen molar-refractivity contribution in [1.29, 1.82) is 0 Å². The highest BCUT2D eigenvalue weighted by molar-refractivity contribution is 14.1. The minimum Gasteiger partial charge on any atom is -0.481 e. The van der Waals surface area contributed by atoms with E-state index in [1.807, 2.05) is 24.3 Å². The Balaban J connectivity index is 1.40. The second-order valence-electron chi connectivity index (χ2n) is 29.6. The lowest BCUT2D eigenvalue weighted by Gasteiger charge is -2.33. The Hall–Kier alpha value is -11.0. The zero-order valence-corrected chi connectivity index (χ0v) is 70.0. The highest BCUT2D eigenvalue weighted by atomic mass is 127. The van der Waals surface area contributed by atoms with Crippen LogP contribution in [0.15, 0.2) is 84.9 Å². The van der Waals surface area contributed by atoms with Crippen LogP contribution in [0.3, 0.4) is 0 Å². The summed E-state index contributed by atoms with van der Waals surface area (Å²) in [4.78, 5) is 224. The minimum absolute atomic E-state index is 0.00720. The van der Waals surface area contributed by atoms with Gasteiger partial charge in [0.2, 0.25) is 47.3 Å². The molecule has 0 aromatic heterocycles. The molecule has 18 N–H and O–H groups in total. The van der Waals surface area contributed by atoms with Gasteiger partial charge < -0.3 is 94.0 Å². The number of carbonyl (C=O) groups is 17. The van der Waals surface area contributed by atoms with Crippen LogP contribution in [0, 0.1) is 3.57 Å². The lowest BCUT2D eigenvalue weighted by molar-refractivity contribution is -0.143. The number of halogens is 1. The molecule has 121 heavy (non-hydrogen) atoms. The van der Waals surface area contributed by atoms with Crippen LogP contribution in [0.25, 0.3) is 0 Å². The first-order valence-corrected chi connectivity index (χ1v) is 41.7. The second-order valence-corrected chi connectivity index (χ2v) is 30.8. The topological polar surface area (TPSA) is 585 Å². The van der Waals surface area contributed by atoms with E-state index in [1.54, 1.807) is 80.3 Å². The van der Waals surface area contributed by atoms with E-state index in [0.29, 0.717) is 68.9 Å². The molecule has 0 spiro atoms. The van der Waals surface area contributed by atoms with Crippen LogP contribution in [0.5, 0.6) is 0 Å². The summed E-state index contributed by atoms with van der Waals surface area (Å²) in [6.45, 7) is -0.771. The van der Waals surface area contributed by atoms with Gasteiger partial charge in [0.15, 0.2) is 0 Å². The lowest BCUT2D eigenvalue weighted by Crippen LogP contribution is -2.57. The highest BCUT2D eigenvalue weighted by Gasteiger charge is 2.34. The SMILES string of the molecule is O=C(O)CCC(NC(=O)NC(CCCCNC(=O)CCCCCCC(=O)NCCCCC(NC(=O)C(Cc1ccccc1)NC(=O)C(Cc1ccccc1)NC(=O)CCC(NC(=O)CN1CCN(CC(=O)O)CCN(CC(=O)O)CCN(CC(=O)O)CC1)C(=O)NC(CCCCNC(=O)CCCc1ccc(I)cc1)C(=O)O)C(=O)O)C(=O)O)C(=O)O. The minimum atomic E-state index is -1.64. The van der Waals surface area contributed by atoms with Crippen LogP contribution >= 0.6 is 22.6 Å². The van der Waals surface area contributed by atoms with E-state index < -0.39 is 177 Å². The zero-order valence-electron chi connectivity index (χ0n) is 67.9. The smallest absolute Gasteiger partial charge is 0.326 e. The fourth-order valence-electron chi connectivity index (χ4n) is 13.0. The lowest BCUT2D eigenvalue weighted by atomic mass is 10.0. The molecule has 0 saturated carbocycles. The molecule has 7 atom stereocenters. The van der Waals surface area contributed by atoms with Gasteiger partial charge in [0.05, 0.1) is 26.2 Å². The Kier molecular flexibility index (Phi) is 49.1. The molecule has 10 amide bonds. The van der Waals surface area contributed by atoms with Crippen molar-refractivity contribution >= 4 is 124 Å². The number of aryl methyl sites for hydroxylation is 1. The van der Waals surface area contributed by atoms with Gasteiger partial charge in [-0.1, -0.05) is 85.6 Å². The number of benzene rings is 3. The number of nitrogens with zero attached hydrogens (tertiary/aromatic N) is 4. The molecule has 0 radical (unpaired) electrons. The van der Waals surface area contributed by atoms with Gasteiger partial charge in [-0.2, -0.15) is 0 Å². The van der Waals surface area contributed by atoms with Gasteiger partial charge in [0, 0.05) is 121 Å². The zero-order chi connectivity index (χ0) is 89.0. The van der Waals surface area contributed by atoms with Gasteiger partial charge >= 0.3 is 53.8 Å². The van der Waals surface area contributed by atoms with Crippen molar-refractivity contribution in [2.45, 2.75) is 196 Å². The van der Waals surface area contributed by atoms with Crippen molar-refractivity contribution in [3.63, 3.8) is 0 Å². The Morgan fingerprint density at radius 1 is 0.289 bits per heavy atom. The molecule has 4 rings (SSSR count). The molecule has 1 aliphatic heterocycles. The third-order valence-corrected chi connectivity index (χ3v) is 20.4. The number of urea groups is 1. The summed E-state index contributed by atoms with van der Waals surface area (Å²) in [5.41, 5.74) is 2.19. The Morgan fingerprint density at radius 3 is 1.00 bits per heavy atom. The predicted octanol–water partition coefficient (Wildman–Crippen LogP) is 1.22. The van der Waals surface area contributed by atoms with E-state index in [2.05, 4.69) is 75.8 Å². The summed E-state index contributed by atoms with van der Waals surface area (Å²) in [5.74, 6) is -15.6. The van der Waals surface area contributed by atoms with Crippen molar-refractivity contribution in [1.82, 2.24) is 72.8 Å². The summed E-state index contributed by atoms with van der Waals surface area (Å²) in [7, 11) is 0. The first-order valence-electron chi connectivity index (χ1n) is 40.6. The normalized spacial score (nSPS) is 14.7. The van der Waals surface area contributed by atoms with Crippen molar-refractivity contribution in [3.8, 4) is 0 Å². The molecule has 0 bridgehead atoms. The van der Waals surface area contributed by atoms with Crippen molar-refractivity contribution in [2.24, 2.45) is 0 Å². The summed E-state index contributed by atoms with van der Waals surface area (Å²) >= 11 is 2.21. The van der Waals surface area contributed by atoms with Crippen LogP contribution in [0.1, 0.15) is 152 Å². The van der Waals surface area contributed by atoms with E-state index in [0.717, 1.165) is 9.13 Å². The molecule has 39 nitrogen and oxygen atoms in total. The average Bonchev–Trinajstić information content (AvgIpc) is 0.849. The number of unbranched alkanes of at least 4 members (excludes halogenated alkanes) is 6. The molecule has 1 fully saturated rings. The molecule has 668 valence electrons. The van der Waals surface area contributed by atoms with Gasteiger partial charge in [0.25, 0.3) is 0 Å². The number of nitrogens with one attached hydrogen (secondary N) is 10. The maximum absolute atomic E-state index is 14.7. The Morgan fingerprint density at radius 2 is 0.620 bits per heavy atom. The summed E-state index contributed by atoms with van der Waals surface area (Å²) in [5, 5.41) is 103. The van der Waals surface area contributed by atoms with Crippen LogP contribution < -0.4 is 53.2 Å². The maximum Gasteiger partial charge on any atom is 0.326 e. The monoisotopic (exact) mass is 1810 g/mol. The molecule has 3 aromatic rings. The largest absolute Gasteiger partial charge is 0.481 e. The first kappa shape index (κ1) is 102. The predicted molar refractivity (Wildman–Crippen MR) is 445 cm³/mol. The number of carbonyl (C=O) groups excluding carboxylic acids is 9. The molecule has 1 saturated heterocycles. The van der Waals surface area contributed by atoms with Crippen LogP contribution in [-0.2, 0) is 96.0 Å². The fourth-order valence-corrected chi connectivity index (χ4v) is 13.4. The van der Waals surface area contributed by atoms with Crippen LogP contribution in [0.4, 0.5) is 4.79 Å². The Bertz CT molecular complexity index is 3820. The van der Waals surface area contributed by atoms with Crippen molar-refractivity contribution in [2.75, 3.05) is 98.2 Å². The van der Waals surface area contributed by atoms with Gasteiger partial charge in [-0.3, -0.25) is 77.1 Å². The second kappa shape index (κ2) is 58.1. The number of aliphatic carboxylic acids is 8. The highest BCUT2D eigenvalue weighted by Crippen LogP contribution is 2.15. The summed E-state index contributed by atoms with van der Waals surface area (Å²) in [6.07, 6.45) is 3.28. The van der Waals surface area contributed by atoms with E-state index in [9.17, 15) is 117 Å². The first-order chi connectivity index (χ1) is 57.7. The molecular formula is C81H117IN14O25. The van der Waals surface area contributed by atoms with Crippen LogP contribution in [0.2, 0.25) is 0 Å². The third kappa shape index (κ3) is 46.4. The number of amides is 10. The third-order valence-electron chi connectivity index (χ3n) is 19.7. The molecule has 3 aromatic carbocycles. The number of carboxylic acids is 8. The molecule has 40 heteroatoms.